The molecule has 8 nitrogen and oxygen atoms in total. The van der Waals surface area contributed by atoms with Gasteiger partial charge in [0, 0.05) is 12.0 Å². The Kier molecular flexibility index (Phi) is 4.66. The van der Waals surface area contributed by atoms with Crippen molar-refractivity contribution in [1.29, 1.82) is 0 Å². The molecule has 3 unspecified atom stereocenters. The predicted octanol–water partition coefficient (Wildman–Crippen LogP) is 1.82. The van der Waals surface area contributed by atoms with Crippen molar-refractivity contribution in [3.8, 4) is 0 Å². The van der Waals surface area contributed by atoms with Gasteiger partial charge in [-0.15, -0.1) is 0 Å². The Morgan fingerprint density at radius 2 is 1.96 bits per heavy atom. The smallest absolute Gasteiger partial charge is 0.271 e. The molecule has 1 aliphatic carbocycles. The molecular weight excluding hydrogens is 346 g/mol. The predicted molar refractivity (Wildman–Crippen MR) is 99.9 cm³/mol. The summed E-state index contributed by atoms with van der Waals surface area (Å²) in [5.41, 5.74) is 11.6. The SMILES string of the molecule is O=C(N/N=C/c1ccccc1[N+](=O)[O-])C1NNC2c3ccccc3CCC12. The zero-order chi connectivity index (χ0) is 18.8. The van der Waals surface area contributed by atoms with Crippen LogP contribution in [0.2, 0.25) is 0 Å². The number of nitrogens with one attached hydrogen (secondary N) is 3. The summed E-state index contributed by atoms with van der Waals surface area (Å²) < 4.78 is 0. The highest BCUT2D eigenvalue weighted by molar-refractivity contribution is 5.88. The quantitative estimate of drug-likeness (QED) is 0.435. The Hall–Kier alpha value is -3.10. The first-order valence-corrected chi connectivity index (χ1v) is 8.80. The Bertz CT molecular complexity index is 914. The fourth-order valence-corrected chi connectivity index (χ4v) is 3.87. The van der Waals surface area contributed by atoms with Crippen LogP contribution >= 0.6 is 0 Å². The van der Waals surface area contributed by atoms with Crippen LogP contribution in [0.4, 0.5) is 5.69 Å². The van der Waals surface area contributed by atoms with Crippen LogP contribution in [0.3, 0.4) is 0 Å². The molecule has 1 fully saturated rings. The van der Waals surface area contributed by atoms with Gasteiger partial charge in [0.1, 0.15) is 6.04 Å². The second-order valence-corrected chi connectivity index (χ2v) is 6.70. The molecule has 0 saturated carbocycles. The summed E-state index contributed by atoms with van der Waals surface area (Å²) in [6, 6.07) is 14.2. The average molecular weight is 365 g/mol. The maximum absolute atomic E-state index is 12.6. The lowest BCUT2D eigenvalue weighted by Gasteiger charge is -2.29. The van der Waals surface area contributed by atoms with E-state index >= 15 is 0 Å². The molecule has 138 valence electrons. The number of nitro benzene ring substituents is 1. The number of hydrogen-bond acceptors (Lipinski definition) is 6. The average Bonchev–Trinajstić information content (AvgIpc) is 3.13. The summed E-state index contributed by atoms with van der Waals surface area (Å²) in [6.45, 7) is 0. The van der Waals surface area contributed by atoms with Crippen LogP contribution < -0.4 is 16.3 Å². The van der Waals surface area contributed by atoms with Gasteiger partial charge in [-0.25, -0.2) is 16.3 Å². The number of fused-ring (bicyclic) bond motifs is 3. The van der Waals surface area contributed by atoms with Crippen molar-refractivity contribution in [3.05, 3.63) is 75.3 Å². The van der Waals surface area contributed by atoms with Gasteiger partial charge in [0.25, 0.3) is 11.6 Å². The van der Waals surface area contributed by atoms with Crippen molar-refractivity contribution in [2.24, 2.45) is 11.0 Å². The number of amides is 1. The Morgan fingerprint density at radius 1 is 1.19 bits per heavy atom. The number of rotatable bonds is 4. The van der Waals surface area contributed by atoms with Crippen molar-refractivity contribution >= 4 is 17.8 Å². The Morgan fingerprint density at radius 3 is 2.81 bits per heavy atom. The van der Waals surface area contributed by atoms with Crippen LogP contribution in [0.1, 0.15) is 29.2 Å². The monoisotopic (exact) mass is 365 g/mol. The Labute approximate surface area is 155 Å². The van der Waals surface area contributed by atoms with E-state index in [0.29, 0.717) is 5.56 Å². The third kappa shape index (κ3) is 3.32. The van der Waals surface area contributed by atoms with E-state index in [1.165, 1.54) is 23.4 Å². The lowest BCUT2D eigenvalue weighted by atomic mass is 9.77. The van der Waals surface area contributed by atoms with Crippen molar-refractivity contribution < 1.29 is 9.72 Å². The summed E-state index contributed by atoms with van der Waals surface area (Å²) in [5, 5.41) is 14.9. The minimum atomic E-state index is -0.476. The Balaban J connectivity index is 1.44. The van der Waals surface area contributed by atoms with Gasteiger partial charge < -0.3 is 0 Å². The standard InChI is InChI=1S/C19H19N5O3/c25-19(23-20-11-13-6-2-4-8-16(13)24(26)27)18-15-10-9-12-5-1-3-7-14(12)17(15)21-22-18/h1-8,11,15,17-18,21-22H,9-10H2,(H,23,25)/b20-11+. The maximum Gasteiger partial charge on any atom is 0.278 e. The fourth-order valence-electron chi connectivity index (χ4n) is 3.87. The minimum Gasteiger partial charge on any atom is -0.271 e. The van der Waals surface area contributed by atoms with Crippen LogP contribution in [-0.2, 0) is 11.2 Å². The maximum atomic E-state index is 12.6. The van der Waals surface area contributed by atoms with E-state index in [2.05, 4.69) is 33.5 Å². The van der Waals surface area contributed by atoms with E-state index in [4.69, 9.17) is 0 Å². The molecule has 3 N–H and O–H groups in total. The van der Waals surface area contributed by atoms with Gasteiger partial charge in [0.2, 0.25) is 0 Å². The van der Waals surface area contributed by atoms with Crippen molar-refractivity contribution in [3.63, 3.8) is 0 Å². The number of nitrogens with zero attached hydrogens (tertiary/aromatic N) is 2. The number of aryl methyl sites for hydroxylation is 1. The van der Waals surface area contributed by atoms with Crippen LogP contribution in [0.5, 0.6) is 0 Å². The molecule has 0 spiro atoms. The molecule has 27 heavy (non-hydrogen) atoms. The topological polar surface area (TPSA) is 109 Å². The summed E-state index contributed by atoms with van der Waals surface area (Å²) in [6.07, 6.45) is 3.13. The third-order valence-corrected chi connectivity index (χ3v) is 5.18. The van der Waals surface area contributed by atoms with Gasteiger partial charge in [-0.2, -0.15) is 5.10 Å². The molecule has 1 amide bonds. The van der Waals surface area contributed by atoms with E-state index in [1.807, 2.05) is 12.1 Å². The zero-order valence-corrected chi connectivity index (χ0v) is 14.5. The van der Waals surface area contributed by atoms with Gasteiger partial charge in [-0.3, -0.25) is 14.9 Å². The fraction of sp³-hybridized carbons (Fsp3) is 0.263. The van der Waals surface area contributed by atoms with E-state index < -0.39 is 11.0 Å². The zero-order valence-electron chi connectivity index (χ0n) is 14.5. The first-order valence-electron chi connectivity index (χ1n) is 8.80. The highest BCUT2D eigenvalue weighted by Crippen LogP contribution is 2.38. The molecule has 3 atom stereocenters. The number of nitro groups is 1. The molecule has 1 heterocycles. The van der Waals surface area contributed by atoms with Crippen molar-refractivity contribution in [2.75, 3.05) is 0 Å². The first kappa shape index (κ1) is 17.3. The summed E-state index contributed by atoms with van der Waals surface area (Å²) in [7, 11) is 0. The van der Waals surface area contributed by atoms with Crippen molar-refractivity contribution in [2.45, 2.75) is 24.9 Å². The number of carbonyl (C=O) groups is 1. The van der Waals surface area contributed by atoms with Crippen LogP contribution in [0.25, 0.3) is 0 Å². The second-order valence-electron chi connectivity index (χ2n) is 6.70. The molecule has 0 bridgehead atoms. The summed E-state index contributed by atoms with van der Waals surface area (Å²) >= 11 is 0. The number of benzene rings is 2. The lowest BCUT2D eigenvalue weighted by molar-refractivity contribution is -0.385. The molecule has 2 aromatic carbocycles. The number of hydrazone groups is 1. The highest BCUT2D eigenvalue weighted by atomic mass is 16.6. The third-order valence-electron chi connectivity index (χ3n) is 5.18. The van der Waals surface area contributed by atoms with E-state index in [1.54, 1.807) is 18.2 Å². The molecule has 4 rings (SSSR count). The summed E-state index contributed by atoms with van der Waals surface area (Å²) in [5.74, 6) is -0.134. The first-order chi connectivity index (χ1) is 13.1. The highest BCUT2D eigenvalue weighted by Gasteiger charge is 2.43. The second kappa shape index (κ2) is 7.26. The number of hydrazine groups is 1. The van der Waals surface area contributed by atoms with Crippen LogP contribution in [-0.4, -0.2) is 23.1 Å². The largest absolute Gasteiger partial charge is 0.278 e. The number of para-hydroxylation sites is 1. The molecular formula is C19H19N5O3. The lowest BCUT2D eigenvalue weighted by Crippen LogP contribution is -2.44. The van der Waals surface area contributed by atoms with Gasteiger partial charge >= 0.3 is 0 Å². The number of carbonyl (C=O) groups excluding carboxylic acids is 1. The summed E-state index contributed by atoms with van der Waals surface area (Å²) in [4.78, 5) is 23.1. The molecule has 1 aliphatic heterocycles. The van der Waals surface area contributed by atoms with Crippen molar-refractivity contribution in [1.82, 2.24) is 16.3 Å². The van der Waals surface area contributed by atoms with Gasteiger partial charge in [0.05, 0.1) is 22.7 Å². The normalized spacial score (nSPS) is 23.6. The van der Waals surface area contributed by atoms with E-state index in [-0.39, 0.29) is 23.6 Å². The number of hydrogen-bond donors (Lipinski definition) is 3. The van der Waals surface area contributed by atoms with Gasteiger partial charge in [0.15, 0.2) is 0 Å². The van der Waals surface area contributed by atoms with E-state index in [9.17, 15) is 14.9 Å². The minimum absolute atomic E-state index is 0.0555. The molecule has 8 heteroatoms. The molecule has 2 aliphatic rings. The van der Waals surface area contributed by atoms with E-state index in [0.717, 1.165) is 12.8 Å². The molecule has 0 aromatic heterocycles. The van der Waals surface area contributed by atoms with Gasteiger partial charge in [-0.05, 0) is 30.0 Å². The van der Waals surface area contributed by atoms with Crippen LogP contribution in [0.15, 0.2) is 53.6 Å². The molecule has 2 aromatic rings. The molecule has 1 saturated heterocycles. The molecule has 0 radical (unpaired) electrons. The van der Waals surface area contributed by atoms with Gasteiger partial charge in [-0.1, -0.05) is 36.4 Å². The van der Waals surface area contributed by atoms with Crippen LogP contribution in [0, 0.1) is 16.0 Å².